The summed E-state index contributed by atoms with van der Waals surface area (Å²) in [6.45, 7) is 0. The monoisotopic (exact) mass is 152 g/mol. The molecule has 0 aliphatic heterocycles. The van der Waals surface area contributed by atoms with E-state index in [1.54, 1.807) is 11.3 Å². The first-order chi connectivity index (χ1) is 4.97. The van der Waals surface area contributed by atoms with Crippen molar-refractivity contribution in [2.24, 2.45) is 0 Å². The van der Waals surface area contributed by atoms with Gasteiger partial charge in [0.15, 0.2) is 5.51 Å². The Morgan fingerprint density at radius 1 is 1.20 bits per heavy atom. The summed E-state index contributed by atoms with van der Waals surface area (Å²) in [4.78, 5) is 5.69. The molecule has 1 heterocycles. The Morgan fingerprint density at radius 2 is 2.10 bits per heavy atom. The summed E-state index contributed by atoms with van der Waals surface area (Å²) < 4.78 is 0. The van der Waals surface area contributed by atoms with Crippen LogP contribution in [0.25, 0.3) is 0 Å². The third-order valence-electron chi connectivity index (χ3n) is 1.99. The molecule has 10 heavy (non-hydrogen) atoms. The molecule has 2 heteroatoms. The van der Waals surface area contributed by atoms with E-state index in [0.29, 0.717) is 0 Å². The van der Waals surface area contributed by atoms with E-state index in [9.17, 15) is 0 Å². The van der Waals surface area contributed by atoms with Crippen LogP contribution in [0.5, 0.6) is 0 Å². The van der Waals surface area contributed by atoms with Gasteiger partial charge in [-0.05, 0) is 25.7 Å². The Balaban J connectivity index is 2.28. The first kappa shape index (κ1) is 6.35. The first-order valence-corrected chi connectivity index (χ1v) is 4.63. The van der Waals surface area contributed by atoms with Gasteiger partial charge in [-0.3, -0.25) is 0 Å². The Morgan fingerprint density at radius 3 is 3.10 bits per heavy atom. The average molecular weight is 152 g/mol. The van der Waals surface area contributed by atoms with Crippen molar-refractivity contribution < 1.29 is 0 Å². The highest BCUT2D eigenvalue weighted by molar-refractivity contribution is 7.09. The molecule has 0 N–H and O–H groups in total. The van der Waals surface area contributed by atoms with Crippen LogP contribution in [-0.4, -0.2) is 4.98 Å². The van der Waals surface area contributed by atoms with Crippen molar-refractivity contribution in [1.82, 2.24) is 4.98 Å². The molecule has 1 radical (unpaired) electrons. The number of thiazole rings is 1. The van der Waals surface area contributed by atoms with Crippen molar-refractivity contribution in [3.63, 3.8) is 0 Å². The minimum atomic E-state index is 1.19. The van der Waals surface area contributed by atoms with Gasteiger partial charge in [-0.1, -0.05) is 6.42 Å². The largest absolute Gasteiger partial charge is 0.238 e. The number of aryl methyl sites for hydroxylation is 2. The van der Waals surface area contributed by atoms with Crippen LogP contribution in [0.3, 0.4) is 0 Å². The minimum absolute atomic E-state index is 1.19. The summed E-state index contributed by atoms with van der Waals surface area (Å²) in [6, 6.07) is 0. The molecule has 1 nitrogen and oxygen atoms in total. The summed E-state index contributed by atoms with van der Waals surface area (Å²) in [5, 5.41) is 0. The number of fused-ring (bicyclic) bond motifs is 1. The predicted molar refractivity (Wildman–Crippen MR) is 42.2 cm³/mol. The van der Waals surface area contributed by atoms with E-state index >= 15 is 0 Å². The van der Waals surface area contributed by atoms with Gasteiger partial charge in [-0.2, -0.15) is 0 Å². The fraction of sp³-hybridized carbons (Fsp3) is 0.625. The maximum atomic E-state index is 4.21. The smallest absolute Gasteiger partial charge is 0.152 e. The Kier molecular flexibility index (Phi) is 1.72. The topological polar surface area (TPSA) is 12.9 Å². The fourth-order valence-electron chi connectivity index (χ4n) is 1.40. The maximum absolute atomic E-state index is 4.21. The van der Waals surface area contributed by atoms with Crippen LogP contribution in [0.15, 0.2) is 0 Å². The Bertz CT molecular complexity index is 196. The van der Waals surface area contributed by atoms with Crippen molar-refractivity contribution >= 4 is 11.3 Å². The van der Waals surface area contributed by atoms with Gasteiger partial charge in [-0.25, -0.2) is 4.98 Å². The molecule has 1 aromatic rings. The van der Waals surface area contributed by atoms with Crippen LogP contribution in [0.1, 0.15) is 29.8 Å². The lowest BCUT2D eigenvalue weighted by atomic mass is 10.2. The molecule has 0 fully saturated rings. The SMILES string of the molecule is [c]1nc2c(s1)CCCCC2. The van der Waals surface area contributed by atoms with E-state index in [0.717, 1.165) is 0 Å². The van der Waals surface area contributed by atoms with Crippen LogP contribution in [0.2, 0.25) is 0 Å². The zero-order chi connectivity index (χ0) is 6.81. The second-order valence-corrected chi connectivity index (χ2v) is 3.62. The molecule has 0 spiro atoms. The van der Waals surface area contributed by atoms with E-state index in [2.05, 4.69) is 10.5 Å². The lowest BCUT2D eigenvalue weighted by Crippen LogP contribution is -1.84. The highest BCUT2D eigenvalue weighted by Gasteiger charge is 2.09. The van der Waals surface area contributed by atoms with E-state index < -0.39 is 0 Å². The zero-order valence-corrected chi connectivity index (χ0v) is 6.71. The molecule has 53 valence electrons. The Hall–Kier alpha value is -0.370. The lowest BCUT2D eigenvalue weighted by molar-refractivity contribution is 0.709. The predicted octanol–water partition coefficient (Wildman–Crippen LogP) is 2.21. The maximum Gasteiger partial charge on any atom is 0.152 e. The summed E-state index contributed by atoms with van der Waals surface area (Å²) in [5.74, 6) is 0. The van der Waals surface area contributed by atoms with Gasteiger partial charge in [0.1, 0.15) is 0 Å². The number of hydrogen-bond acceptors (Lipinski definition) is 2. The molecule has 2 rings (SSSR count). The molecule has 0 aromatic carbocycles. The molecular weight excluding hydrogens is 142 g/mol. The third kappa shape index (κ3) is 1.08. The first-order valence-electron chi connectivity index (χ1n) is 3.81. The number of nitrogens with zero attached hydrogens (tertiary/aromatic N) is 1. The second kappa shape index (κ2) is 2.70. The van der Waals surface area contributed by atoms with E-state index in [4.69, 9.17) is 0 Å². The summed E-state index contributed by atoms with van der Waals surface area (Å²) in [6.07, 6.45) is 6.49. The van der Waals surface area contributed by atoms with Crippen LogP contribution in [0.4, 0.5) is 0 Å². The molecule has 0 amide bonds. The number of rotatable bonds is 0. The van der Waals surface area contributed by atoms with Gasteiger partial charge in [0.2, 0.25) is 0 Å². The fourth-order valence-corrected chi connectivity index (χ4v) is 2.18. The van der Waals surface area contributed by atoms with Crippen molar-refractivity contribution in [2.75, 3.05) is 0 Å². The van der Waals surface area contributed by atoms with Gasteiger partial charge in [0.25, 0.3) is 0 Å². The van der Waals surface area contributed by atoms with E-state index in [-0.39, 0.29) is 0 Å². The van der Waals surface area contributed by atoms with E-state index in [1.807, 2.05) is 0 Å². The Labute approximate surface area is 65.1 Å². The van der Waals surface area contributed by atoms with Crippen LogP contribution in [0, 0.1) is 5.51 Å². The molecular formula is C8H10NS. The van der Waals surface area contributed by atoms with Crippen molar-refractivity contribution in [1.29, 1.82) is 0 Å². The third-order valence-corrected chi connectivity index (χ3v) is 2.86. The van der Waals surface area contributed by atoms with Crippen molar-refractivity contribution in [3.8, 4) is 0 Å². The zero-order valence-electron chi connectivity index (χ0n) is 5.89. The molecule has 1 aliphatic carbocycles. The van der Waals surface area contributed by atoms with Gasteiger partial charge in [-0.15, -0.1) is 11.3 Å². The number of aromatic nitrogens is 1. The summed E-state index contributed by atoms with van der Waals surface area (Å²) in [7, 11) is 0. The molecule has 1 aliphatic rings. The normalized spacial score (nSPS) is 18.0. The molecule has 0 atom stereocenters. The second-order valence-electron chi connectivity index (χ2n) is 2.74. The standard InChI is InChI=1S/C8H10NS/c1-2-4-7-8(5-3-1)10-6-9-7/h1-5H2. The molecule has 1 aromatic heterocycles. The molecule has 0 bridgehead atoms. The van der Waals surface area contributed by atoms with E-state index in [1.165, 1.54) is 42.7 Å². The van der Waals surface area contributed by atoms with Gasteiger partial charge in [0.05, 0.1) is 5.69 Å². The van der Waals surface area contributed by atoms with Crippen molar-refractivity contribution in [3.05, 3.63) is 16.1 Å². The minimum Gasteiger partial charge on any atom is -0.238 e. The quantitative estimate of drug-likeness (QED) is 0.519. The highest BCUT2D eigenvalue weighted by Crippen LogP contribution is 2.21. The summed E-state index contributed by atoms with van der Waals surface area (Å²) in [5.41, 5.74) is 4.28. The van der Waals surface area contributed by atoms with Crippen LogP contribution in [-0.2, 0) is 12.8 Å². The molecule has 0 saturated heterocycles. The number of hydrogen-bond donors (Lipinski definition) is 0. The lowest BCUT2D eigenvalue weighted by Gasteiger charge is -1.90. The highest BCUT2D eigenvalue weighted by atomic mass is 32.1. The molecule has 0 unspecified atom stereocenters. The molecule has 0 saturated carbocycles. The average Bonchev–Trinajstić information content (AvgIpc) is 2.28. The van der Waals surface area contributed by atoms with Crippen LogP contribution >= 0.6 is 11.3 Å². The van der Waals surface area contributed by atoms with Crippen molar-refractivity contribution in [2.45, 2.75) is 32.1 Å². The van der Waals surface area contributed by atoms with Gasteiger partial charge >= 0.3 is 0 Å². The van der Waals surface area contributed by atoms with Gasteiger partial charge < -0.3 is 0 Å². The van der Waals surface area contributed by atoms with Crippen LogP contribution < -0.4 is 0 Å². The summed E-state index contributed by atoms with van der Waals surface area (Å²) >= 11 is 1.70. The van der Waals surface area contributed by atoms with Gasteiger partial charge in [0, 0.05) is 4.88 Å².